The zero-order chi connectivity index (χ0) is 17.1. The Kier molecular flexibility index (Phi) is 4.97. The fraction of sp³-hybridized carbons (Fsp3) is 0.333. The molecule has 0 saturated carbocycles. The van der Waals surface area contributed by atoms with Crippen molar-refractivity contribution >= 4 is 34.4 Å². The number of ketones is 1. The lowest BCUT2D eigenvalue weighted by molar-refractivity contribution is 0.101. The third kappa shape index (κ3) is 3.66. The quantitative estimate of drug-likeness (QED) is 0.836. The van der Waals surface area contributed by atoms with Crippen LogP contribution in [0.15, 0.2) is 35.7 Å². The molecule has 0 unspecified atom stereocenters. The second-order valence-electron chi connectivity index (χ2n) is 5.95. The van der Waals surface area contributed by atoms with E-state index in [-0.39, 0.29) is 17.8 Å². The number of rotatable bonds is 4. The molecular formula is C18H20N2O3S. The van der Waals surface area contributed by atoms with Crippen LogP contribution in [0.1, 0.15) is 39.8 Å². The fourth-order valence-electron chi connectivity index (χ4n) is 2.79. The maximum atomic E-state index is 12.5. The number of para-hydroxylation sites is 2. The number of piperidine rings is 1. The molecule has 2 N–H and O–H groups in total. The van der Waals surface area contributed by atoms with E-state index in [0.29, 0.717) is 10.4 Å². The number of hydrogen-bond donors (Lipinski definition) is 2. The van der Waals surface area contributed by atoms with Crippen molar-refractivity contribution in [2.75, 3.05) is 23.3 Å². The van der Waals surface area contributed by atoms with Crippen LogP contribution in [0.5, 0.6) is 0 Å². The van der Waals surface area contributed by atoms with E-state index >= 15 is 0 Å². The van der Waals surface area contributed by atoms with E-state index in [1.807, 2.05) is 24.3 Å². The van der Waals surface area contributed by atoms with Crippen molar-refractivity contribution in [1.29, 1.82) is 0 Å². The van der Waals surface area contributed by atoms with Crippen molar-refractivity contribution in [1.82, 2.24) is 0 Å². The van der Waals surface area contributed by atoms with Gasteiger partial charge in [-0.2, -0.15) is 0 Å². The number of hydrogen-bond acceptors (Lipinski definition) is 5. The third-order valence-corrected chi connectivity index (χ3v) is 5.12. The Bertz CT molecular complexity index is 748. The van der Waals surface area contributed by atoms with Crippen molar-refractivity contribution in [3.05, 3.63) is 46.2 Å². The minimum absolute atomic E-state index is 0.0439. The third-order valence-electron chi connectivity index (χ3n) is 4.19. The van der Waals surface area contributed by atoms with E-state index in [2.05, 4.69) is 10.2 Å². The molecule has 126 valence electrons. The van der Waals surface area contributed by atoms with Crippen LogP contribution in [0, 0.1) is 0 Å². The van der Waals surface area contributed by atoms with E-state index in [1.165, 1.54) is 18.3 Å². The summed E-state index contributed by atoms with van der Waals surface area (Å²) in [6, 6.07) is 9.30. The number of Topliss-reactive ketones (excluding diaryl/α,β-unsaturated/α-hetero) is 1. The predicted molar refractivity (Wildman–Crippen MR) is 96.2 cm³/mol. The first-order chi connectivity index (χ1) is 11.5. The number of thiophene rings is 1. The molecule has 3 rings (SSSR count). The number of benzene rings is 1. The standard InChI is InChI=1S/C18H20N2O3S/c1-12(21)13-10-17(24-11-13)18(23)19-15-4-2-3-5-16(15)20-8-6-14(22)7-9-20/h2-5,10-11,14,22H,6-9H2,1H3,(H,19,23). The molecule has 1 fully saturated rings. The molecule has 2 aromatic rings. The molecule has 1 amide bonds. The van der Waals surface area contributed by atoms with Gasteiger partial charge in [-0.05, 0) is 38.0 Å². The number of aliphatic hydroxyl groups excluding tert-OH is 1. The first-order valence-corrected chi connectivity index (χ1v) is 8.85. The maximum Gasteiger partial charge on any atom is 0.265 e. The van der Waals surface area contributed by atoms with Gasteiger partial charge < -0.3 is 15.3 Å². The predicted octanol–water partition coefficient (Wildman–Crippen LogP) is 3.16. The highest BCUT2D eigenvalue weighted by Gasteiger charge is 2.20. The van der Waals surface area contributed by atoms with Crippen molar-refractivity contribution in [2.45, 2.75) is 25.9 Å². The van der Waals surface area contributed by atoms with Crippen LogP contribution in [0.2, 0.25) is 0 Å². The van der Waals surface area contributed by atoms with Gasteiger partial charge in [-0.1, -0.05) is 12.1 Å². The molecule has 2 heterocycles. The number of nitrogens with zero attached hydrogens (tertiary/aromatic N) is 1. The van der Waals surface area contributed by atoms with Crippen LogP contribution in [0.25, 0.3) is 0 Å². The molecular weight excluding hydrogens is 324 g/mol. The minimum Gasteiger partial charge on any atom is -0.393 e. The van der Waals surface area contributed by atoms with Crippen molar-refractivity contribution in [3.63, 3.8) is 0 Å². The highest BCUT2D eigenvalue weighted by Crippen LogP contribution is 2.29. The van der Waals surface area contributed by atoms with Gasteiger partial charge >= 0.3 is 0 Å². The van der Waals surface area contributed by atoms with Gasteiger partial charge in [0.05, 0.1) is 22.4 Å². The Labute approximate surface area is 144 Å². The number of amides is 1. The molecule has 24 heavy (non-hydrogen) atoms. The summed E-state index contributed by atoms with van der Waals surface area (Å²) in [6.45, 7) is 3.02. The normalized spacial score (nSPS) is 15.3. The SMILES string of the molecule is CC(=O)c1csc(C(=O)Nc2ccccc2N2CCC(O)CC2)c1. The first kappa shape index (κ1) is 16.7. The summed E-state index contributed by atoms with van der Waals surface area (Å²) in [5, 5.41) is 14.3. The van der Waals surface area contributed by atoms with Gasteiger partial charge in [-0.15, -0.1) is 11.3 Å². The van der Waals surface area contributed by atoms with Crippen molar-refractivity contribution < 1.29 is 14.7 Å². The number of carbonyl (C=O) groups is 2. The molecule has 1 aliphatic heterocycles. The monoisotopic (exact) mass is 344 g/mol. The topological polar surface area (TPSA) is 69.6 Å². The van der Waals surface area contributed by atoms with E-state index < -0.39 is 0 Å². The van der Waals surface area contributed by atoms with Crippen LogP contribution in [-0.4, -0.2) is 36.0 Å². The Morgan fingerprint density at radius 3 is 2.62 bits per heavy atom. The van der Waals surface area contributed by atoms with E-state index in [0.717, 1.165) is 37.3 Å². The summed E-state index contributed by atoms with van der Waals surface area (Å²) in [5.41, 5.74) is 2.27. The Morgan fingerprint density at radius 2 is 1.96 bits per heavy atom. The molecule has 0 bridgehead atoms. The van der Waals surface area contributed by atoms with Crippen LogP contribution in [0.3, 0.4) is 0 Å². The number of aliphatic hydroxyl groups is 1. The van der Waals surface area contributed by atoms with Gasteiger partial charge in [0, 0.05) is 24.0 Å². The van der Waals surface area contributed by atoms with Gasteiger partial charge in [0.15, 0.2) is 5.78 Å². The van der Waals surface area contributed by atoms with Crippen LogP contribution in [-0.2, 0) is 0 Å². The summed E-state index contributed by atoms with van der Waals surface area (Å²) in [7, 11) is 0. The molecule has 1 aromatic heterocycles. The Hall–Kier alpha value is -2.18. The van der Waals surface area contributed by atoms with Crippen LogP contribution < -0.4 is 10.2 Å². The molecule has 6 heteroatoms. The van der Waals surface area contributed by atoms with E-state index in [4.69, 9.17) is 0 Å². The highest BCUT2D eigenvalue weighted by molar-refractivity contribution is 7.12. The summed E-state index contributed by atoms with van der Waals surface area (Å²) < 4.78 is 0. The molecule has 0 atom stereocenters. The first-order valence-electron chi connectivity index (χ1n) is 7.97. The smallest absolute Gasteiger partial charge is 0.265 e. The molecule has 1 saturated heterocycles. The molecule has 5 nitrogen and oxygen atoms in total. The summed E-state index contributed by atoms with van der Waals surface area (Å²) in [6.07, 6.45) is 1.23. The lowest BCUT2D eigenvalue weighted by Gasteiger charge is -2.32. The lowest BCUT2D eigenvalue weighted by atomic mass is 10.1. The van der Waals surface area contributed by atoms with Gasteiger partial charge in [-0.3, -0.25) is 9.59 Å². The van der Waals surface area contributed by atoms with Crippen LogP contribution >= 0.6 is 11.3 Å². The number of carbonyl (C=O) groups excluding carboxylic acids is 2. The van der Waals surface area contributed by atoms with Crippen LogP contribution in [0.4, 0.5) is 11.4 Å². The average Bonchev–Trinajstić information content (AvgIpc) is 3.07. The lowest BCUT2D eigenvalue weighted by Crippen LogP contribution is -2.36. The zero-order valence-electron chi connectivity index (χ0n) is 13.5. The van der Waals surface area contributed by atoms with Gasteiger partial charge in [-0.25, -0.2) is 0 Å². The second-order valence-corrected chi connectivity index (χ2v) is 6.86. The van der Waals surface area contributed by atoms with E-state index in [1.54, 1.807) is 11.4 Å². The molecule has 0 spiro atoms. The summed E-state index contributed by atoms with van der Waals surface area (Å²) >= 11 is 1.27. The van der Waals surface area contributed by atoms with Gasteiger partial charge in [0.25, 0.3) is 5.91 Å². The average molecular weight is 344 g/mol. The number of nitrogens with one attached hydrogen (secondary N) is 1. The van der Waals surface area contributed by atoms with Gasteiger partial charge in [0.1, 0.15) is 0 Å². The Morgan fingerprint density at radius 1 is 1.25 bits per heavy atom. The van der Waals surface area contributed by atoms with Gasteiger partial charge in [0.2, 0.25) is 0 Å². The fourth-order valence-corrected chi connectivity index (χ4v) is 3.63. The second kappa shape index (κ2) is 7.15. The molecule has 0 aliphatic carbocycles. The molecule has 1 aromatic carbocycles. The molecule has 0 radical (unpaired) electrons. The Balaban J connectivity index is 1.77. The summed E-state index contributed by atoms with van der Waals surface area (Å²) in [5.74, 6) is -0.255. The van der Waals surface area contributed by atoms with Crippen molar-refractivity contribution in [3.8, 4) is 0 Å². The summed E-state index contributed by atoms with van der Waals surface area (Å²) in [4.78, 5) is 26.5. The zero-order valence-corrected chi connectivity index (χ0v) is 14.3. The maximum absolute atomic E-state index is 12.5. The highest BCUT2D eigenvalue weighted by atomic mass is 32.1. The molecule has 1 aliphatic rings. The minimum atomic E-state index is -0.237. The number of anilines is 2. The largest absolute Gasteiger partial charge is 0.393 e. The van der Waals surface area contributed by atoms with E-state index in [9.17, 15) is 14.7 Å². The van der Waals surface area contributed by atoms with Crippen molar-refractivity contribution in [2.24, 2.45) is 0 Å².